The number of para-hydroxylation sites is 1. The van der Waals surface area contributed by atoms with Crippen molar-refractivity contribution in [2.24, 2.45) is 4.99 Å². The molecule has 0 atom stereocenters. The summed E-state index contributed by atoms with van der Waals surface area (Å²) < 4.78 is 161. The number of nitrogens with one attached hydrogen (secondary N) is 2. The van der Waals surface area contributed by atoms with Crippen LogP contribution in [0.4, 0.5) is 67.2 Å². The van der Waals surface area contributed by atoms with Crippen LogP contribution in [0.3, 0.4) is 0 Å². The van der Waals surface area contributed by atoms with Gasteiger partial charge in [-0.2, -0.15) is 61.5 Å². The zero-order chi connectivity index (χ0) is 32.1. The van der Waals surface area contributed by atoms with Crippen LogP contribution in [-0.4, -0.2) is 77.2 Å². The van der Waals surface area contributed by atoms with Crippen molar-refractivity contribution in [3.8, 4) is 0 Å². The van der Waals surface area contributed by atoms with Crippen LogP contribution in [0.5, 0.6) is 0 Å². The number of carbonyl (C=O) groups is 2. The fourth-order valence-corrected chi connectivity index (χ4v) is 2.32. The van der Waals surface area contributed by atoms with E-state index in [2.05, 4.69) is 15.6 Å². The molecule has 0 amide bonds. The van der Waals surface area contributed by atoms with Crippen molar-refractivity contribution in [2.75, 3.05) is 13.1 Å². The molecule has 1 aliphatic rings. The number of benzene rings is 1. The molecule has 0 bridgehead atoms. The number of aliphatic imine (C=N–C) groups is 1. The Hall–Kier alpha value is -2.97. The van der Waals surface area contributed by atoms with E-state index in [1.807, 2.05) is 0 Å². The Balaban J connectivity index is 0.000000572. The second-order valence-electron chi connectivity index (χ2n) is 6.79. The van der Waals surface area contributed by atoms with Crippen molar-refractivity contribution in [1.29, 1.82) is 0 Å². The Morgan fingerprint density at radius 1 is 0.675 bits per heavy atom. The summed E-state index contributed by atoms with van der Waals surface area (Å²) in [4.78, 5) is 23.1. The van der Waals surface area contributed by atoms with E-state index in [9.17, 15) is 71.1 Å². The molecule has 0 saturated carbocycles. The van der Waals surface area contributed by atoms with Crippen LogP contribution in [-0.2, 0) is 9.59 Å². The Morgan fingerprint density at radius 3 is 1.20 bits per heavy atom. The maximum absolute atomic E-state index is 11.8. The van der Waals surface area contributed by atoms with Crippen molar-refractivity contribution < 1.29 is 81.3 Å². The lowest BCUT2D eigenvalue weighted by atomic mass is 10.1. The third-order valence-electron chi connectivity index (χ3n) is 3.91. The standard InChI is InChI=1S/C9H9Cl2N3.2C4HF7O2/c10-6-2-1-3-7(11)8(6)14-9-12-4-5-13-9;2*5-2(6,1(12)13)3(7,8)4(9,10)11/h1-3H,4-5H2,(H2,12,13,14);2*(H,12,13). The monoisotopic (exact) mass is 657 g/mol. The van der Waals surface area contributed by atoms with Crippen LogP contribution in [0.15, 0.2) is 23.2 Å². The molecule has 0 unspecified atom stereocenters. The van der Waals surface area contributed by atoms with Gasteiger partial charge in [0.1, 0.15) is 5.69 Å². The van der Waals surface area contributed by atoms with Gasteiger partial charge in [0.2, 0.25) is 0 Å². The highest BCUT2D eigenvalue weighted by molar-refractivity contribution is 6.38. The number of rotatable bonds is 5. The van der Waals surface area contributed by atoms with Crippen LogP contribution < -0.4 is 10.6 Å². The second kappa shape index (κ2) is 12.7. The molecule has 1 fully saturated rings. The van der Waals surface area contributed by atoms with E-state index in [0.717, 1.165) is 19.0 Å². The van der Waals surface area contributed by atoms with Crippen LogP contribution in [0.1, 0.15) is 0 Å². The Bertz CT molecular complexity index is 1020. The maximum atomic E-state index is 11.8. The number of carboxylic acids is 2. The minimum Gasteiger partial charge on any atom is -0.477 e. The third kappa shape index (κ3) is 8.27. The van der Waals surface area contributed by atoms with Gasteiger partial charge in [0, 0.05) is 13.1 Å². The zero-order valence-corrected chi connectivity index (χ0v) is 19.9. The molecule has 0 spiro atoms. The first-order valence-corrected chi connectivity index (χ1v) is 10.0. The lowest BCUT2D eigenvalue weighted by Gasteiger charge is -2.24. The second-order valence-corrected chi connectivity index (χ2v) is 7.60. The van der Waals surface area contributed by atoms with E-state index >= 15 is 0 Å². The summed E-state index contributed by atoms with van der Waals surface area (Å²) in [6, 6.07) is 5.33. The molecule has 1 aromatic carbocycles. The van der Waals surface area contributed by atoms with Gasteiger partial charge in [0.15, 0.2) is 5.96 Å². The van der Waals surface area contributed by atoms with Crippen molar-refractivity contribution in [3.63, 3.8) is 0 Å². The molecular formula is C17H11Cl2F14N3O4. The van der Waals surface area contributed by atoms with Crippen LogP contribution in [0, 0.1) is 0 Å². The molecule has 40 heavy (non-hydrogen) atoms. The summed E-state index contributed by atoms with van der Waals surface area (Å²) in [5.41, 5.74) is 0.604. The molecule has 230 valence electrons. The van der Waals surface area contributed by atoms with E-state index in [4.69, 9.17) is 33.4 Å². The quantitative estimate of drug-likeness (QED) is 0.290. The molecule has 23 heteroatoms. The first kappa shape index (κ1) is 37.0. The van der Waals surface area contributed by atoms with Gasteiger partial charge in [-0.25, -0.2) is 14.6 Å². The van der Waals surface area contributed by atoms with Crippen LogP contribution >= 0.6 is 23.2 Å². The highest BCUT2D eigenvalue weighted by Crippen LogP contribution is 2.47. The Kier molecular flexibility index (Phi) is 11.7. The first-order valence-electron chi connectivity index (χ1n) is 9.28. The highest BCUT2D eigenvalue weighted by atomic mass is 35.5. The zero-order valence-electron chi connectivity index (χ0n) is 18.4. The lowest BCUT2D eigenvalue weighted by molar-refractivity contribution is -0.347. The average Bonchev–Trinajstić information content (AvgIpc) is 3.28. The van der Waals surface area contributed by atoms with Gasteiger partial charge in [0.25, 0.3) is 0 Å². The number of halogens is 16. The van der Waals surface area contributed by atoms with Crippen molar-refractivity contribution >= 4 is 46.8 Å². The number of aliphatic carboxylic acids is 2. The van der Waals surface area contributed by atoms with E-state index in [-0.39, 0.29) is 0 Å². The van der Waals surface area contributed by atoms with E-state index < -0.39 is 48.0 Å². The Morgan fingerprint density at radius 2 is 0.975 bits per heavy atom. The topological polar surface area (TPSA) is 111 Å². The van der Waals surface area contributed by atoms with Crippen LogP contribution in [0.25, 0.3) is 0 Å². The number of hydrogen-bond donors (Lipinski definition) is 4. The first-order chi connectivity index (χ1) is 17.7. The maximum Gasteiger partial charge on any atom is 0.460 e. The van der Waals surface area contributed by atoms with Gasteiger partial charge in [-0.15, -0.1) is 0 Å². The van der Waals surface area contributed by atoms with Gasteiger partial charge < -0.3 is 20.8 Å². The average molecular weight is 658 g/mol. The normalized spacial score (nSPS) is 14.6. The van der Waals surface area contributed by atoms with Gasteiger partial charge in [-0.3, -0.25) is 0 Å². The summed E-state index contributed by atoms with van der Waals surface area (Å²) in [7, 11) is 0. The fourth-order valence-electron chi connectivity index (χ4n) is 1.84. The number of carboxylic acid groups (broad SMARTS) is 2. The Labute approximate surface area is 221 Å². The SMILES string of the molecule is Clc1cccc(Cl)c1N=C1NCCN1.O=C(O)C(F)(F)C(F)(F)C(F)(F)F.O=C(O)C(F)(F)C(F)(F)C(F)(F)F. The van der Waals surface area contributed by atoms with E-state index in [0.29, 0.717) is 15.7 Å². The fraction of sp³-hybridized carbons (Fsp3) is 0.471. The summed E-state index contributed by atoms with van der Waals surface area (Å²) in [5, 5.41) is 22.1. The molecule has 1 aromatic rings. The lowest BCUT2D eigenvalue weighted by Crippen LogP contribution is -2.56. The third-order valence-corrected chi connectivity index (χ3v) is 4.52. The summed E-state index contributed by atoms with van der Waals surface area (Å²) in [5.74, 6) is -31.8. The summed E-state index contributed by atoms with van der Waals surface area (Å²) >= 11 is 11.9. The number of nitrogens with zero attached hydrogens (tertiary/aromatic N) is 1. The molecule has 0 radical (unpaired) electrons. The summed E-state index contributed by atoms with van der Waals surface area (Å²) in [6.45, 7) is 1.75. The minimum absolute atomic E-state index is 0.556. The molecule has 1 heterocycles. The van der Waals surface area contributed by atoms with Crippen molar-refractivity contribution in [3.05, 3.63) is 28.2 Å². The molecule has 1 aliphatic heterocycles. The molecule has 4 N–H and O–H groups in total. The van der Waals surface area contributed by atoms with E-state index in [1.54, 1.807) is 18.2 Å². The van der Waals surface area contributed by atoms with E-state index in [1.165, 1.54) is 0 Å². The van der Waals surface area contributed by atoms with Gasteiger partial charge in [-0.1, -0.05) is 29.3 Å². The predicted molar refractivity (Wildman–Crippen MR) is 107 cm³/mol. The van der Waals surface area contributed by atoms with Crippen molar-refractivity contribution in [1.82, 2.24) is 10.6 Å². The number of guanidine groups is 1. The summed E-state index contributed by atoms with van der Waals surface area (Å²) in [6.07, 6.45) is -13.2. The molecule has 2 rings (SSSR count). The number of hydrogen-bond acceptors (Lipinski definition) is 3. The molecule has 7 nitrogen and oxygen atoms in total. The number of alkyl halides is 14. The molecule has 0 aliphatic carbocycles. The van der Waals surface area contributed by atoms with Gasteiger partial charge in [0.05, 0.1) is 10.0 Å². The minimum atomic E-state index is -6.60. The van der Waals surface area contributed by atoms with Gasteiger partial charge >= 0.3 is 48.0 Å². The molecule has 0 aromatic heterocycles. The predicted octanol–water partition coefficient (Wildman–Crippen LogP) is 5.98. The van der Waals surface area contributed by atoms with Crippen molar-refractivity contribution in [2.45, 2.75) is 36.0 Å². The largest absolute Gasteiger partial charge is 0.477 e. The highest BCUT2D eigenvalue weighted by Gasteiger charge is 2.77. The van der Waals surface area contributed by atoms with Gasteiger partial charge in [-0.05, 0) is 12.1 Å². The van der Waals surface area contributed by atoms with Crippen LogP contribution in [0.2, 0.25) is 10.0 Å². The smallest absolute Gasteiger partial charge is 0.460 e. The molecular weight excluding hydrogens is 647 g/mol. The molecule has 1 saturated heterocycles.